The smallest absolute Gasteiger partial charge is 0.231 e. The SMILES string of the molecule is CCN(CCCCC(=O)c1cc2c3c(c1)CC(=O)N3CCC2)CCc1ccccc1.Cl. The number of anilines is 1. The number of benzene rings is 2. The van der Waals surface area contributed by atoms with E-state index in [1.165, 1.54) is 11.1 Å². The molecular weight excluding hydrogens is 408 g/mol. The van der Waals surface area contributed by atoms with Crippen molar-refractivity contribution in [2.75, 3.05) is 31.1 Å². The van der Waals surface area contributed by atoms with Crippen LogP contribution in [0.2, 0.25) is 0 Å². The first-order valence-electron chi connectivity index (χ1n) is 11.4. The van der Waals surface area contributed by atoms with E-state index in [0.717, 1.165) is 75.1 Å². The van der Waals surface area contributed by atoms with E-state index in [2.05, 4.69) is 42.2 Å². The number of rotatable bonds is 10. The van der Waals surface area contributed by atoms with Gasteiger partial charge >= 0.3 is 0 Å². The second kappa shape index (κ2) is 10.9. The zero-order valence-corrected chi connectivity index (χ0v) is 19.3. The highest BCUT2D eigenvalue weighted by atomic mass is 35.5. The molecule has 0 bridgehead atoms. The molecule has 5 heteroatoms. The first-order chi connectivity index (χ1) is 14.7. The highest BCUT2D eigenvalue weighted by molar-refractivity contribution is 6.05. The van der Waals surface area contributed by atoms with Gasteiger partial charge in [0.15, 0.2) is 5.78 Å². The van der Waals surface area contributed by atoms with Crippen molar-refractivity contribution < 1.29 is 9.59 Å². The molecule has 2 heterocycles. The third-order valence-electron chi connectivity index (χ3n) is 6.47. The molecular formula is C26H33ClN2O2. The zero-order valence-electron chi connectivity index (χ0n) is 18.4. The molecule has 0 aliphatic carbocycles. The average Bonchev–Trinajstić information content (AvgIpc) is 3.10. The van der Waals surface area contributed by atoms with Crippen LogP contribution < -0.4 is 4.90 Å². The summed E-state index contributed by atoms with van der Waals surface area (Å²) < 4.78 is 0. The lowest BCUT2D eigenvalue weighted by atomic mass is 9.94. The number of nitrogens with zero attached hydrogens (tertiary/aromatic N) is 2. The van der Waals surface area contributed by atoms with Gasteiger partial charge in [-0.25, -0.2) is 0 Å². The Morgan fingerprint density at radius 1 is 1.06 bits per heavy atom. The number of amides is 1. The molecule has 0 N–H and O–H groups in total. The summed E-state index contributed by atoms with van der Waals surface area (Å²) >= 11 is 0. The number of carbonyl (C=O) groups excluding carboxylic acids is 2. The van der Waals surface area contributed by atoms with Crippen LogP contribution in [0, 0.1) is 0 Å². The minimum absolute atomic E-state index is 0. The maximum atomic E-state index is 12.8. The Morgan fingerprint density at radius 2 is 1.84 bits per heavy atom. The van der Waals surface area contributed by atoms with Crippen LogP contribution in [0.25, 0.3) is 0 Å². The molecule has 0 spiro atoms. The first-order valence-corrected chi connectivity index (χ1v) is 11.4. The third kappa shape index (κ3) is 5.55. The van der Waals surface area contributed by atoms with E-state index in [9.17, 15) is 9.59 Å². The molecule has 2 aliphatic heterocycles. The summed E-state index contributed by atoms with van der Waals surface area (Å²) in [6.07, 6.45) is 6.03. The Kier molecular flexibility index (Phi) is 8.28. The first kappa shape index (κ1) is 23.5. The number of ketones is 1. The van der Waals surface area contributed by atoms with Crippen LogP contribution >= 0.6 is 12.4 Å². The summed E-state index contributed by atoms with van der Waals surface area (Å²) in [5, 5.41) is 0. The minimum atomic E-state index is 0. The quantitative estimate of drug-likeness (QED) is 0.391. The summed E-state index contributed by atoms with van der Waals surface area (Å²) in [6.45, 7) is 6.17. The number of hydrogen-bond acceptors (Lipinski definition) is 3. The lowest BCUT2D eigenvalue weighted by Gasteiger charge is -2.25. The fourth-order valence-corrected chi connectivity index (χ4v) is 4.77. The Labute approximate surface area is 192 Å². The van der Waals surface area contributed by atoms with Gasteiger partial charge in [-0.05, 0) is 74.0 Å². The maximum absolute atomic E-state index is 12.8. The van der Waals surface area contributed by atoms with Crippen molar-refractivity contribution in [3.05, 3.63) is 64.7 Å². The highest BCUT2D eigenvalue weighted by Crippen LogP contribution is 2.37. The van der Waals surface area contributed by atoms with Gasteiger partial charge in [-0.1, -0.05) is 37.3 Å². The molecule has 0 saturated heterocycles. The second-order valence-corrected chi connectivity index (χ2v) is 8.52. The predicted molar refractivity (Wildman–Crippen MR) is 129 cm³/mol. The molecule has 4 rings (SSSR count). The molecule has 0 aromatic heterocycles. The third-order valence-corrected chi connectivity index (χ3v) is 6.47. The Bertz CT molecular complexity index is 913. The van der Waals surface area contributed by atoms with Crippen LogP contribution in [0.15, 0.2) is 42.5 Å². The highest BCUT2D eigenvalue weighted by Gasteiger charge is 2.32. The monoisotopic (exact) mass is 440 g/mol. The van der Waals surface area contributed by atoms with Crippen molar-refractivity contribution in [2.45, 2.75) is 51.9 Å². The van der Waals surface area contributed by atoms with Gasteiger partial charge in [-0.15, -0.1) is 12.4 Å². The van der Waals surface area contributed by atoms with Gasteiger partial charge in [0.2, 0.25) is 5.91 Å². The lowest BCUT2D eigenvalue weighted by molar-refractivity contribution is -0.117. The number of Topliss-reactive ketones (excluding diaryl/α,β-unsaturated/α-hetero) is 1. The van der Waals surface area contributed by atoms with Crippen LogP contribution in [-0.4, -0.2) is 42.8 Å². The molecule has 2 aromatic carbocycles. The Morgan fingerprint density at radius 3 is 2.61 bits per heavy atom. The molecule has 2 aliphatic rings. The van der Waals surface area contributed by atoms with E-state index in [1.54, 1.807) is 0 Å². The van der Waals surface area contributed by atoms with Gasteiger partial charge in [0, 0.05) is 25.1 Å². The molecule has 31 heavy (non-hydrogen) atoms. The molecule has 2 aromatic rings. The summed E-state index contributed by atoms with van der Waals surface area (Å²) in [6, 6.07) is 14.6. The fourth-order valence-electron chi connectivity index (χ4n) is 4.77. The van der Waals surface area contributed by atoms with Crippen LogP contribution in [0.4, 0.5) is 5.69 Å². The molecule has 0 atom stereocenters. The van der Waals surface area contributed by atoms with Crippen molar-refractivity contribution in [1.82, 2.24) is 4.90 Å². The van der Waals surface area contributed by atoms with Crippen molar-refractivity contribution in [1.29, 1.82) is 0 Å². The van der Waals surface area contributed by atoms with Crippen molar-refractivity contribution in [3.8, 4) is 0 Å². The summed E-state index contributed by atoms with van der Waals surface area (Å²) in [5.74, 6) is 0.406. The van der Waals surface area contributed by atoms with Gasteiger partial charge in [0.05, 0.1) is 12.1 Å². The van der Waals surface area contributed by atoms with Crippen LogP contribution in [-0.2, 0) is 24.1 Å². The Hall–Kier alpha value is -2.17. The molecule has 0 unspecified atom stereocenters. The molecule has 4 nitrogen and oxygen atoms in total. The van der Waals surface area contributed by atoms with Gasteiger partial charge in [-0.3, -0.25) is 9.59 Å². The molecule has 0 fully saturated rings. The van der Waals surface area contributed by atoms with Crippen molar-refractivity contribution in [3.63, 3.8) is 0 Å². The summed E-state index contributed by atoms with van der Waals surface area (Å²) in [5.41, 5.74) is 5.52. The van der Waals surface area contributed by atoms with E-state index in [1.807, 2.05) is 17.0 Å². The normalized spacial score (nSPS) is 14.5. The molecule has 166 valence electrons. The van der Waals surface area contributed by atoms with E-state index in [0.29, 0.717) is 12.8 Å². The van der Waals surface area contributed by atoms with Crippen LogP contribution in [0.1, 0.15) is 59.7 Å². The minimum Gasteiger partial charge on any atom is -0.312 e. The number of likely N-dealkylation sites (N-methyl/N-ethyl adjacent to an activating group) is 1. The van der Waals surface area contributed by atoms with E-state index >= 15 is 0 Å². The van der Waals surface area contributed by atoms with Crippen molar-refractivity contribution >= 4 is 29.8 Å². The topological polar surface area (TPSA) is 40.6 Å². The van der Waals surface area contributed by atoms with E-state index in [4.69, 9.17) is 0 Å². The number of unbranched alkanes of at least 4 members (excludes halogenated alkanes) is 1. The number of carbonyl (C=O) groups is 2. The molecule has 0 radical (unpaired) electrons. The van der Waals surface area contributed by atoms with Crippen LogP contribution in [0.3, 0.4) is 0 Å². The summed E-state index contributed by atoms with van der Waals surface area (Å²) in [7, 11) is 0. The van der Waals surface area contributed by atoms with E-state index < -0.39 is 0 Å². The average molecular weight is 441 g/mol. The predicted octanol–water partition coefficient (Wildman–Crippen LogP) is 4.86. The van der Waals surface area contributed by atoms with Gasteiger partial charge in [-0.2, -0.15) is 0 Å². The number of aryl methyl sites for hydroxylation is 1. The largest absolute Gasteiger partial charge is 0.312 e. The van der Waals surface area contributed by atoms with Gasteiger partial charge in [0.25, 0.3) is 0 Å². The number of hydrogen-bond donors (Lipinski definition) is 0. The lowest BCUT2D eigenvalue weighted by Crippen LogP contribution is -2.31. The van der Waals surface area contributed by atoms with Crippen molar-refractivity contribution in [2.24, 2.45) is 0 Å². The molecule has 1 amide bonds. The second-order valence-electron chi connectivity index (χ2n) is 8.52. The molecule has 0 saturated carbocycles. The summed E-state index contributed by atoms with van der Waals surface area (Å²) in [4.78, 5) is 29.4. The van der Waals surface area contributed by atoms with Crippen LogP contribution in [0.5, 0.6) is 0 Å². The van der Waals surface area contributed by atoms with Gasteiger partial charge in [0.1, 0.15) is 0 Å². The Balaban J connectivity index is 0.00000272. The van der Waals surface area contributed by atoms with Gasteiger partial charge < -0.3 is 9.80 Å². The fraction of sp³-hybridized carbons (Fsp3) is 0.462. The maximum Gasteiger partial charge on any atom is 0.231 e. The van der Waals surface area contributed by atoms with E-state index in [-0.39, 0.29) is 24.1 Å². The zero-order chi connectivity index (χ0) is 20.9. The standard InChI is InChI=1S/C26H32N2O2.ClH/c1-2-27(16-13-20-9-4-3-5-10-20)14-7-6-12-24(29)22-17-21-11-8-15-28-25(30)19-23(18-22)26(21)28;/h3-5,9-10,17-18H,2,6-8,11-16,19H2,1H3;1H. The number of halogens is 1.